The first-order valence-electron chi connectivity index (χ1n) is 8.40. The Morgan fingerprint density at radius 2 is 1.96 bits per heavy atom. The molecule has 1 aromatic heterocycles. The molecule has 1 aliphatic heterocycles. The summed E-state index contributed by atoms with van der Waals surface area (Å²) in [6.45, 7) is 6.28. The van der Waals surface area contributed by atoms with Gasteiger partial charge in [-0.3, -0.25) is 9.59 Å². The van der Waals surface area contributed by atoms with E-state index < -0.39 is 0 Å². The highest BCUT2D eigenvalue weighted by molar-refractivity contribution is 5.94. The maximum atomic E-state index is 12.9. The molecule has 1 aliphatic rings. The van der Waals surface area contributed by atoms with E-state index in [0.717, 1.165) is 17.8 Å². The Hall–Kier alpha value is -2.40. The predicted octanol–water partition coefficient (Wildman–Crippen LogP) is 1.96. The fourth-order valence-corrected chi connectivity index (χ4v) is 3.24. The van der Waals surface area contributed by atoms with Gasteiger partial charge >= 0.3 is 0 Å². The van der Waals surface area contributed by atoms with E-state index in [9.17, 15) is 9.59 Å². The summed E-state index contributed by atoms with van der Waals surface area (Å²) < 4.78 is 1.64. The molecule has 3 rings (SSSR count). The van der Waals surface area contributed by atoms with Crippen molar-refractivity contribution in [1.82, 2.24) is 14.8 Å². The molecule has 0 bridgehead atoms. The van der Waals surface area contributed by atoms with Crippen LogP contribution >= 0.6 is 0 Å². The molecule has 1 amide bonds. The second-order valence-corrected chi connectivity index (χ2v) is 6.11. The van der Waals surface area contributed by atoms with Crippen LogP contribution in [-0.2, 0) is 6.54 Å². The summed E-state index contributed by atoms with van der Waals surface area (Å²) in [5.74, 6) is -0.176. The van der Waals surface area contributed by atoms with Crippen LogP contribution in [0.4, 0.5) is 0 Å². The molecular formula is C19H23N3O2. The highest BCUT2D eigenvalue weighted by Gasteiger charge is 2.26. The number of hydrogen-bond acceptors (Lipinski definition) is 3. The maximum absolute atomic E-state index is 12.9. The van der Waals surface area contributed by atoms with E-state index in [4.69, 9.17) is 0 Å². The van der Waals surface area contributed by atoms with E-state index in [0.29, 0.717) is 19.6 Å². The van der Waals surface area contributed by atoms with Gasteiger partial charge in [-0.1, -0.05) is 30.3 Å². The number of aromatic nitrogens is 1. The minimum Gasteiger partial charge on any atom is -0.335 e. The van der Waals surface area contributed by atoms with Gasteiger partial charge in [0.2, 0.25) is 0 Å². The average molecular weight is 325 g/mol. The van der Waals surface area contributed by atoms with Crippen molar-refractivity contribution in [1.29, 1.82) is 0 Å². The lowest BCUT2D eigenvalue weighted by atomic mass is 10.0. The monoisotopic (exact) mass is 325 g/mol. The Kier molecular flexibility index (Phi) is 4.81. The number of hydrogen-bond donors (Lipinski definition) is 1. The fraction of sp³-hybridized carbons (Fsp3) is 0.368. The molecule has 1 fully saturated rings. The smallest absolute Gasteiger partial charge is 0.263 e. The Morgan fingerprint density at radius 1 is 1.21 bits per heavy atom. The third-order valence-corrected chi connectivity index (χ3v) is 4.60. The molecule has 24 heavy (non-hydrogen) atoms. The molecule has 0 aliphatic carbocycles. The molecule has 0 unspecified atom stereocenters. The van der Waals surface area contributed by atoms with Crippen LogP contribution in [0.1, 0.15) is 34.6 Å². The Balaban J connectivity index is 1.84. The molecular weight excluding hydrogens is 302 g/mol. The van der Waals surface area contributed by atoms with E-state index in [2.05, 4.69) is 17.4 Å². The van der Waals surface area contributed by atoms with Crippen LogP contribution in [0.3, 0.4) is 0 Å². The molecule has 1 aromatic carbocycles. The fourth-order valence-electron chi connectivity index (χ4n) is 3.24. The Morgan fingerprint density at radius 3 is 2.67 bits per heavy atom. The standard InChI is InChI=1S/C19H23N3O2/c1-3-22-14(2)9-10-16(19(22)24)18(23)21-12-11-20-17(13-21)15-7-5-4-6-8-15/h4-10,17,20H,3,11-13H2,1-2H3/t17-/m0/s1. The molecule has 2 aromatic rings. The van der Waals surface area contributed by atoms with Crippen molar-refractivity contribution in [3.05, 3.63) is 69.6 Å². The average Bonchev–Trinajstić information content (AvgIpc) is 2.62. The highest BCUT2D eigenvalue weighted by Crippen LogP contribution is 2.18. The van der Waals surface area contributed by atoms with Crippen LogP contribution in [-0.4, -0.2) is 35.0 Å². The van der Waals surface area contributed by atoms with E-state index in [1.165, 1.54) is 0 Å². The number of nitrogens with zero attached hydrogens (tertiary/aromatic N) is 2. The number of pyridine rings is 1. The quantitative estimate of drug-likeness (QED) is 0.939. The van der Waals surface area contributed by atoms with Crippen molar-refractivity contribution in [2.45, 2.75) is 26.4 Å². The summed E-state index contributed by atoms with van der Waals surface area (Å²) in [6.07, 6.45) is 0. The molecule has 1 atom stereocenters. The maximum Gasteiger partial charge on any atom is 0.263 e. The number of piperazine rings is 1. The summed E-state index contributed by atoms with van der Waals surface area (Å²) in [6, 6.07) is 13.7. The van der Waals surface area contributed by atoms with Gasteiger partial charge in [0.15, 0.2) is 0 Å². The normalized spacial score (nSPS) is 17.8. The van der Waals surface area contributed by atoms with Gasteiger partial charge in [0.25, 0.3) is 11.5 Å². The van der Waals surface area contributed by atoms with Gasteiger partial charge in [-0.2, -0.15) is 0 Å². The first-order chi connectivity index (χ1) is 11.6. The number of benzene rings is 1. The number of nitrogens with one attached hydrogen (secondary N) is 1. The molecule has 1 N–H and O–H groups in total. The summed E-state index contributed by atoms with van der Waals surface area (Å²) in [7, 11) is 0. The Bertz CT molecular complexity index is 783. The molecule has 1 saturated heterocycles. The lowest BCUT2D eigenvalue weighted by Gasteiger charge is -2.34. The van der Waals surface area contributed by atoms with Crippen LogP contribution in [0, 0.1) is 6.92 Å². The van der Waals surface area contributed by atoms with Gasteiger partial charge in [-0.05, 0) is 31.5 Å². The summed E-state index contributed by atoms with van der Waals surface area (Å²) in [5, 5.41) is 3.44. The molecule has 126 valence electrons. The zero-order chi connectivity index (χ0) is 17.1. The number of amides is 1. The topological polar surface area (TPSA) is 54.3 Å². The van der Waals surface area contributed by atoms with Crippen LogP contribution in [0.15, 0.2) is 47.3 Å². The molecule has 2 heterocycles. The van der Waals surface area contributed by atoms with Crippen LogP contribution in [0.5, 0.6) is 0 Å². The van der Waals surface area contributed by atoms with Crippen LogP contribution in [0.25, 0.3) is 0 Å². The van der Waals surface area contributed by atoms with E-state index >= 15 is 0 Å². The number of carbonyl (C=O) groups is 1. The SMILES string of the molecule is CCn1c(C)ccc(C(=O)N2CCN[C@H](c3ccccc3)C2)c1=O. The predicted molar refractivity (Wildman–Crippen MR) is 94.2 cm³/mol. The van der Waals surface area contributed by atoms with Crippen molar-refractivity contribution in [3.63, 3.8) is 0 Å². The van der Waals surface area contributed by atoms with E-state index in [1.807, 2.05) is 38.1 Å². The van der Waals surface area contributed by atoms with E-state index in [1.54, 1.807) is 15.5 Å². The summed E-state index contributed by atoms with van der Waals surface area (Å²) in [4.78, 5) is 27.2. The first kappa shape index (κ1) is 16.5. The van der Waals surface area contributed by atoms with E-state index in [-0.39, 0.29) is 23.1 Å². The van der Waals surface area contributed by atoms with Crippen LogP contribution < -0.4 is 10.9 Å². The molecule has 0 saturated carbocycles. The summed E-state index contributed by atoms with van der Waals surface area (Å²) >= 11 is 0. The van der Waals surface area contributed by atoms with Crippen molar-refractivity contribution in [3.8, 4) is 0 Å². The van der Waals surface area contributed by atoms with Gasteiger partial charge in [-0.15, -0.1) is 0 Å². The first-order valence-corrected chi connectivity index (χ1v) is 8.40. The lowest BCUT2D eigenvalue weighted by Crippen LogP contribution is -2.49. The van der Waals surface area contributed by atoms with Crippen LogP contribution in [0.2, 0.25) is 0 Å². The van der Waals surface area contributed by atoms with Gasteiger partial charge in [0, 0.05) is 37.9 Å². The largest absolute Gasteiger partial charge is 0.335 e. The number of rotatable bonds is 3. The summed E-state index contributed by atoms with van der Waals surface area (Å²) in [5.41, 5.74) is 2.10. The third kappa shape index (κ3) is 3.12. The number of aryl methyl sites for hydroxylation is 1. The minimum absolute atomic E-state index is 0.0998. The molecule has 0 spiro atoms. The van der Waals surface area contributed by atoms with Crippen molar-refractivity contribution in [2.24, 2.45) is 0 Å². The van der Waals surface area contributed by atoms with Crippen molar-refractivity contribution < 1.29 is 4.79 Å². The molecule has 5 nitrogen and oxygen atoms in total. The molecule has 0 radical (unpaired) electrons. The second-order valence-electron chi connectivity index (χ2n) is 6.11. The lowest BCUT2D eigenvalue weighted by molar-refractivity contribution is 0.0700. The minimum atomic E-state index is -0.197. The highest BCUT2D eigenvalue weighted by atomic mass is 16.2. The van der Waals surface area contributed by atoms with Gasteiger partial charge in [-0.25, -0.2) is 0 Å². The zero-order valence-corrected chi connectivity index (χ0v) is 14.2. The second kappa shape index (κ2) is 7.01. The van der Waals surface area contributed by atoms with Gasteiger partial charge in [0.05, 0.1) is 0 Å². The zero-order valence-electron chi connectivity index (χ0n) is 14.2. The number of carbonyl (C=O) groups excluding carboxylic acids is 1. The van der Waals surface area contributed by atoms with Gasteiger partial charge < -0.3 is 14.8 Å². The Labute approximate surface area is 141 Å². The molecule has 5 heteroatoms. The van der Waals surface area contributed by atoms with Gasteiger partial charge in [0.1, 0.15) is 5.56 Å². The third-order valence-electron chi connectivity index (χ3n) is 4.60. The van der Waals surface area contributed by atoms with Crippen molar-refractivity contribution >= 4 is 5.91 Å². The van der Waals surface area contributed by atoms with Crippen molar-refractivity contribution in [2.75, 3.05) is 19.6 Å².